The molecule has 1 heteroatoms. The first-order valence-corrected chi connectivity index (χ1v) is 3.00. The van der Waals surface area contributed by atoms with Crippen LogP contribution in [0.25, 0.3) is 0 Å². The summed E-state index contributed by atoms with van der Waals surface area (Å²) in [5.74, 6) is 0.944. The molecule has 1 nitrogen and oxygen atoms in total. The van der Waals surface area contributed by atoms with Crippen LogP contribution in [0, 0.1) is 5.92 Å². The maximum absolute atomic E-state index is 4.32. The summed E-state index contributed by atoms with van der Waals surface area (Å²) in [4.78, 5) is 4.32. The van der Waals surface area contributed by atoms with Crippen molar-refractivity contribution in [2.75, 3.05) is 6.54 Å². The normalized spacial score (nSPS) is 36.6. The standard InChI is InChI=1S/C6H9N/c1-2-6-5(1)3-4-7-6/h5H,1-4H2. The molecule has 0 amide bonds. The van der Waals surface area contributed by atoms with Gasteiger partial charge in [0.1, 0.15) is 0 Å². The lowest BCUT2D eigenvalue weighted by Gasteiger charge is -2.21. The number of aliphatic imine (C=N–C) groups is 1. The van der Waals surface area contributed by atoms with Gasteiger partial charge < -0.3 is 0 Å². The zero-order valence-corrected chi connectivity index (χ0v) is 4.35. The summed E-state index contributed by atoms with van der Waals surface area (Å²) < 4.78 is 0. The Morgan fingerprint density at radius 1 is 1.43 bits per heavy atom. The van der Waals surface area contributed by atoms with Gasteiger partial charge in [0.2, 0.25) is 0 Å². The summed E-state index contributed by atoms with van der Waals surface area (Å²) in [5.41, 5.74) is 1.51. The average Bonchev–Trinajstić information content (AvgIpc) is 1.85. The van der Waals surface area contributed by atoms with E-state index < -0.39 is 0 Å². The van der Waals surface area contributed by atoms with E-state index >= 15 is 0 Å². The van der Waals surface area contributed by atoms with Crippen molar-refractivity contribution < 1.29 is 0 Å². The number of hydrogen-bond acceptors (Lipinski definition) is 1. The zero-order valence-electron chi connectivity index (χ0n) is 4.35. The SMILES string of the molecule is C1CC2CCC2=N1. The molecule has 38 valence electrons. The molecule has 2 rings (SSSR count). The van der Waals surface area contributed by atoms with Gasteiger partial charge in [-0.15, -0.1) is 0 Å². The molecule has 0 aromatic rings. The highest BCUT2D eigenvalue weighted by atomic mass is 14.8. The molecule has 1 heterocycles. The molecule has 0 spiro atoms. The van der Waals surface area contributed by atoms with E-state index in [-0.39, 0.29) is 0 Å². The zero-order chi connectivity index (χ0) is 4.69. The molecule has 0 bridgehead atoms. The van der Waals surface area contributed by atoms with Crippen molar-refractivity contribution in [2.45, 2.75) is 19.3 Å². The predicted octanol–water partition coefficient (Wildman–Crippen LogP) is 1.24. The summed E-state index contributed by atoms with van der Waals surface area (Å²) >= 11 is 0. The molecule has 1 atom stereocenters. The van der Waals surface area contributed by atoms with E-state index in [0.29, 0.717) is 0 Å². The topological polar surface area (TPSA) is 12.4 Å². The molecule has 2 aliphatic rings. The van der Waals surface area contributed by atoms with Gasteiger partial charge in [-0.25, -0.2) is 0 Å². The third kappa shape index (κ3) is 0.355. The minimum atomic E-state index is 0.944. The van der Waals surface area contributed by atoms with Crippen LogP contribution < -0.4 is 0 Å². The van der Waals surface area contributed by atoms with E-state index in [1.807, 2.05) is 0 Å². The first-order chi connectivity index (χ1) is 3.47. The Labute approximate surface area is 43.4 Å². The van der Waals surface area contributed by atoms with Gasteiger partial charge >= 0.3 is 0 Å². The molecule has 1 saturated carbocycles. The van der Waals surface area contributed by atoms with Gasteiger partial charge in [-0.05, 0) is 25.2 Å². The van der Waals surface area contributed by atoms with Crippen LogP contribution in [-0.4, -0.2) is 12.3 Å². The van der Waals surface area contributed by atoms with E-state index in [4.69, 9.17) is 0 Å². The minimum Gasteiger partial charge on any atom is -0.294 e. The van der Waals surface area contributed by atoms with Crippen molar-refractivity contribution in [3.8, 4) is 0 Å². The number of fused-ring (bicyclic) bond motifs is 1. The Hall–Kier alpha value is -0.330. The average molecular weight is 95.1 g/mol. The smallest absolute Gasteiger partial charge is 0.0395 e. The Morgan fingerprint density at radius 3 is 2.71 bits per heavy atom. The third-order valence-corrected chi connectivity index (χ3v) is 2.01. The molecule has 0 radical (unpaired) electrons. The van der Waals surface area contributed by atoms with Gasteiger partial charge in [-0.3, -0.25) is 4.99 Å². The van der Waals surface area contributed by atoms with Crippen molar-refractivity contribution in [3.63, 3.8) is 0 Å². The van der Waals surface area contributed by atoms with Gasteiger partial charge in [-0.2, -0.15) is 0 Å². The maximum atomic E-state index is 4.32. The molecule has 1 aliphatic carbocycles. The van der Waals surface area contributed by atoms with Gasteiger partial charge in [0, 0.05) is 12.3 Å². The fourth-order valence-corrected chi connectivity index (χ4v) is 1.36. The van der Waals surface area contributed by atoms with Gasteiger partial charge in [0.05, 0.1) is 0 Å². The summed E-state index contributed by atoms with van der Waals surface area (Å²) in [6, 6.07) is 0. The number of nitrogens with zero attached hydrogens (tertiary/aromatic N) is 1. The van der Waals surface area contributed by atoms with Crippen LogP contribution in [0.3, 0.4) is 0 Å². The quantitative estimate of drug-likeness (QED) is 0.429. The van der Waals surface area contributed by atoms with E-state index in [1.54, 1.807) is 0 Å². The predicted molar refractivity (Wildman–Crippen MR) is 29.6 cm³/mol. The first kappa shape index (κ1) is 3.65. The highest BCUT2D eigenvalue weighted by Crippen LogP contribution is 2.31. The van der Waals surface area contributed by atoms with Crippen LogP contribution in [0.2, 0.25) is 0 Å². The van der Waals surface area contributed by atoms with Crippen molar-refractivity contribution >= 4 is 5.71 Å². The number of rotatable bonds is 0. The van der Waals surface area contributed by atoms with Crippen molar-refractivity contribution in [2.24, 2.45) is 10.9 Å². The molecule has 0 aromatic heterocycles. The Kier molecular flexibility index (Phi) is 0.566. The summed E-state index contributed by atoms with van der Waals surface area (Å²) in [5, 5.41) is 0. The van der Waals surface area contributed by atoms with E-state index in [0.717, 1.165) is 12.5 Å². The highest BCUT2D eigenvalue weighted by Gasteiger charge is 2.28. The minimum absolute atomic E-state index is 0.944. The van der Waals surface area contributed by atoms with Crippen LogP contribution in [0.15, 0.2) is 4.99 Å². The monoisotopic (exact) mass is 95.1 g/mol. The second-order valence-electron chi connectivity index (χ2n) is 2.40. The lowest BCUT2D eigenvalue weighted by atomic mass is 9.83. The lowest BCUT2D eigenvalue weighted by molar-refractivity contribution is 0.563. The number of hydrogen-bond donors (Lipinski definition) is 0. The largest absolute Gasteiger partial charge is 0.294 e. The molecule has 0 saturated heterocycles. The van der Waals surface area contributed by atoms with Gasteiger partial charge in [0.25, 0.3) is 0 Å². The highest BCUT2D eigenvalue weighted by molar-refractivity contribution is 5.92. The lowest BCUT2D eigenvalue weighted by Crippen LogP contribution is -2.20. The summed E-state index contributed by atoms with van der Waals surface area (Å²) in [7, 11) is 0. The Morgan fingerprint density at radius 2 is 2.43 bits per heavy atom. The molecule has 1 fully saturated rings. The van der Waals surface area contributed by atoms with Crippen LogP contribution in [0.4, 0.5) is 0 Å². The third-order valence-electron chi connectivity index (χ3n) is 2.01. The second-order valence-corrected chi connectivity index (χ2v) is 2.40. The van der Waals surface area contributed by atoms with Crippen LogP contribution >= 0.6 is 0 Å². The summed E-state index contributed by atoms with van der Waals surface area (Å²) in [6.07, 6.45) is 4.10. The van der Waals surface area contributed by atoms with Crippen LogP contribution in [0.1, 0.15) is 19.3 Å². The molecule has 0 aromatic carbocycles. The fraction of sp³-hybridized carbons (Fsp3) is 0.833. The van der Waals surface area contributed by atoms with Crippen LogP contribution in [-0.2, 0) is 0 Å². The molecular weight excluding hydrogens is 86.1 g/mol. The molecular formula is C6H9N. The maximum Gasteiger partial charge on any atom is 0.0395 e. The van der Waals surface area contributed by atoms with E-state index in [2.05, 4.69) is 4.99 Å². The molecule has 0 N–H and O–H groups in total. The van der Waals surface area contributed by atoms with E-state index in [1.165, 1.54) is 25.0 Å². The van der Waals surface area contributed by atoms with Crippen molar-refractivity contribution in [1.82, 2.24) is 0 Å². The van der Waals surface area contributed by atoms with Crippen molar-refractivity contribution in [3.05, 3.63) is 0 Å². The second kappa shape index (κ2) is 1.09. The molecule has 1 aliphatic heterocycles. The van der Waals surface area contributed by atoms with Gasteiger partial charge in [-0.1, -0.05) is 0 Å². The molecule has 7 heavy (non-hydrogen) atoms. The first-order valence-electron chi connectivity index (χ1n) is 3.00. The fourth-order valence-electron chi connectivity index (χ4n) is 1.36. The van der Waals surface area contributed by atoms with Crippen LogP contribution in [0.5, 0.6) is 0 Å². The Bertz CT molecular complexity index is 115. The van der Waals surface area contributed by atoms with Gasteiger partial charge in [0.15, 0.2) is 0 Å². The van der Waals surface area contributed by atoms with Crippen molar-refractivity contribution in [1.29, 1.82) is 0 Å². The molecule has 1 unspecified atom stereocenters. The summed E-state index contributed by atoms with van der Waals surface area (Å²) in [6.45, 7) is 1.12. The Balaban J connectivity index is 2.21. The van der Waals surface area contributed by atoms with E-state index in [9.17, 15) is 0 Å².